The summed E-state index contributed by atoms with van der Waals surface area (Å²) in [5.74, 6) is 0.868. The summed E-state index contributed by atoms with van der Waals surface area (Å²) in [4.78, 5) is 14.3. The van der Waals surface area contributed by atoms with Gasteiger partial charge in [0, 0.05) is 32.1 Å². The highest BCUT2D eigenvalue weighted by Crippen LogP contribution is 2.25. The van der Waals surface area contributed by atoms with Crippen molar-refractivity contribution in [2.24, 2.45) is 0 Å². The molecule has 2 nitrogen and oxygen atoms in total. The van der Waals surface area contributed by atoms with Crippen molar-refractivity contribution in [1.29, 1.82) is 0 Å². The molecule has 0 fully saturated rings. The molecule has 2 aromatic rings. The van der Waals surface area contributed by atoms with Crippen LogP contribution in [-0.2, 0) is 4.79 Å². The van der Waals surface area contributed by atoms with Crippen LogP contribution in [0, 0.1) is 0 Å². The molecule has 0 saturated carbocycles. The fraction of sp³-hybridized carbons (Fsp3) is 0.235. The summed E-state index contributed by atoms with van der Waals surface area (Å²) < 4.78 is 0. The van der Waals surface area contributed by atoms with Gasteiger partial charge in [0.25, 0.3) is 0 Å². The van der Waals surface area contributed by atoms with Gasteiger partial charge >= 0.3 is 0 Å². The molecule has 1 N–H and O–H groups in total. The first kappa shape index (κ1) is 18.5. The standard InChI is InChI=1S/C17H17Cl2NOS2/c1-12(23-16-8-4-14(19)5-9-16)17(21)20-10-11-22-15-6-2-13(18)3-7-15/h2-9,12H,10-11H2,1H3,(H,20,21)/t12-/m0/s1. The van der Waals surface area contributed by atoms with E-state index in [4.69, 9.17) is 23.2 Å². The van der Waals surface area contributed by atoms with E-state index in [-0.39, 0.29) is 11.2 Å². The molecule has 0 saturated heterocycles. The average Bonchev–Trinajstić information content (AvgIpc) is 2.55. The lowest BCUT2D eigenvalue weighted by Crippen LogP contribution is -2.32. The highest BCUT2D eigenvalue weighted by molar-refractivity contribution is 8.00. The van der Waals surface area contributed by atoms with E-state index in [0.717, 1.165) is 20.6 Å². The summed E-state index contributed by atoms with van der Waals surface area (Å²) >= 11 is 14.9. The van der Waals surface area contributed by atoms with Crippen LogP contribution < -0.4 is 5.32 Å². The van der Waals surface area contributed by atoms with Crippen molar-refractivity contribution >= 4 is 52.6 Å². The average molecular weight is 386 g/mol. The van der Waals surface area contributed by atoms with Gasteiger partial charge in [0.05, 0.1) is 5.25 Å². The van der Waals surface area contributed by atoms with E-state index in [0.29, 0.717) is 11.6 Å². The fourth-order valence-electron chi connectivity index (χ4n) is 1.79. The second-order valence-electron chi connectivity index (χ2n) is 4.81. The molecule has 0 aromatic heterocycles. The van der Waals surface area contributed by atoms with Crippen molar-refractivity contribution in [3.8, 4) is 0 Å². The van der Waals surface area contributed by atoms with Gasteiger partial charge in [-0.3, -0.25) is 4.79 Å². The number of amides is 1. The van der Waals surface area contributed by atoms with E-state index in [1.54, 1.807) is 11.8 Å². The molecular weight excluding hydrogens is 369 g/mol. The third-order valence-electron chi connectivity index (χ3n) is 2.98. The van der Waals surface area contributed by atoms with Crippen LogP contribution in [0.15, 0.2) is 58.3 Å². The third-order valence-corrected chi connectivity index (χ3v) is 5.61. The largest absolute Gasteiger partial charge is 0.354 e. The zero-order chi connectivity index (χ0) is 16.7. The number of nitrogens with one attached hydrogen (secondary N) is 1. The molecule has 0 aliphatic carbocycles. The maximum absolute atomic E-state index is 12.1. The Bertz CT molecular complexity index is 632. The molecule has 2 aromatic carbocycles. The first-order chi connectivity index (χ1) is 11.0. The van der Waals surface area contributed by atoms with Gasteiger partial charge in [0.2, 0.25) is 5.91 Å². The van der Waals surface area contributed by atoms with Gasteiger partial charge in [0.1, 0.15) is 0 Å². The summed E-state index contributed by atoms with van der Waals surface area (Å²) in [7, 11) is 0. The molecule has 2 rings (SSSR count). The van der Waals surface area contributed by atoms with Gasteiger partial charge in [-0.1, -0.05) is 23.2 Å². The van der Waals surface area contributed by atoms with E-state index in [1.807, 2.05) is 55.5 Å². The van der Waals surface area contributed by atoms with Crippen molar-refractivity contribution < 1.29 is 4.79 Å². The first-order valence-electron chi connectivity index (χ1n) is 7.13. The fourth-order valence-corrected chi connectivity index (χ4v) is 3.70. The Balaban J connectivity index is 1.69. The Morgan fingerprint density at radius 2 is 1.52 bits per heavy atom. The number of hydrogen-bond donors (Lipinski definition) is 1. The number of rotatable bonds is 7. The van der Waals surface area contributed by atoms with Crippen molar-refractivity contribution in [1.82, 2.24) is 5.32 Å². The molecule has 0 spiro atoms. The maximum atomic E-state index is 12.1. The van der Waals surface area contributed by atoms with Crippen molar-refractivity contribution in [2.45, 2.75) is 22.0 Å². The van der Waals surface area contributed by atoms with Crippen molar-refractivity contribution in [3.63, 3.8) is 0 Å². The minimum absolute atomic E-state index is 0.0432. The summed E-state index contributed by atoms with van der Waals surface area (Å²) in [6.07, 6.45) is 0. The summed E-state index contributed by atoms with van der Waals surface area (Å²) in [5, 5.41) is 4.25. The molecule has 0 bridgehead atoms. The number of carbonyl (C=O) groups excluding carboxylic acids is 1. The first-order valence-corrected chi connectivity index (χ1v) is 9.75. The molecule has 0 aliphatic heterocycles. The zero-order valence-corrected chi connectivity index (χ0v) is 15.7. The lowest BCUT2D eigenvalue weighted by molar-refractivity contribution is -0.120. The molecule has 122 valence electrons. The van der Waals surface area contributed by atoms with Crippen LogP contribution in [0.25, 0.3) is 0 Å². The lowest BCUT2D eigenvalue weighted by atomic mass is 10.4. The summed E-state index contributed by atoms with van der Waals surface area (Å²) in [6.45, 7) is 2.54. The molecule has 0 heterocycles. The zero-order valence-electron chi connectivity index (χ0n) is 12.6. The summed E-state index contributed by atoms with van der Waals surface area (Å²) in [5.41, 5.74) is 0. The quantitative estimate of drug-likeness (QED) is 0.512. The van der Waals surface area contributed by atoms with E-state index < -0.39 is 0 Å². The van der Waals surface area contributed by atoms with E-state index in [2.05, 4.69) is 5.32 Å². The summed E-state index contributed by atoms with van der Waals surface area (Å²) in [6, 6.07) is 15.2. The Kier molecular flexibility index (Phi) is 7.63. The number of hydrogen-bond acceptors (Lipinski definition) is 3. The van der Waals surface area contributed by atoms with E-state index >= 15 is 0 Å². The predicted molar refractivity (Wildman–Crippen MR) is 102 cm³/mol. The molecule has 0 unspecified atom stereocenters. The molecule has 1 amide bonds. The van der Waals surface area contributed by atoms with Crippen LogP contribution in [0.5, 0.6) is 0 Å². The van der Waals surface area contributed by atoms with E-state index in [9.17, 15) is 4.79 Å². The van der Waals surface area contributed by atoms with Crippen LogP contribution in [0.3, 0.4) is 0 Å². The van der Waals surface area contributed by atoms with Crippen molar-refractivity contribution in [2.75, 3.05) is 12.3 Å². The minimum atomic E-state index is -0.142. The van der Waals surface area contributed by atoms with E-state index in [1.165, 1.54) is 11.8 Å². The van der Waals surface area contributed by atoms with Gasteiger partial charge in [-0.15, -0.1) is 23.5 Å². The normalized spacial score (nSPS) is 12.0. The lowest BCUT2D eigenvalue weighted by Gasteiger charge is -2.12. The maximum Gasteiger partial charge on any atom is 0.233 e. The SMILES string of the molecule is C[C@H](Sc1ccc(Cl)cc1)C(=O)NCCSc1ccc(Cl)cc1. The van der Waals surface area contributed by atoms with Gasteiger partial charge in [-0.2, -0.15) is 0 Å². The number of halogens is 2. The second kappa shape index (κ2) is 9.48. The van der Waals surface area contributed by atoms with Gasteiger partial charge in [0.15, 0.2) is 0 Å². The van der Waals surface area contributed by atoms with Crippen LogP contribution >= 0.6 is 46.7 Å². The molecule has 23 heavy (non-hydrogen) atoms. The topological polar surface area (TPSA) is 29.1 Å². The Morgan fingerprint density at radius 1 is 1.00 bits per heavy atom. The van der Waals surface area contributed by atoms with Crippen LogP contribution in [0.2, 0.25) is 10.0 Å². The Labute approximate surface area is 155 Å². The smallest absolute Gasteiger partial charge is 0.233 e. The van der Waals surface area contributed by atoms with Crippen LogP contribution in [0.1, 0.15) is 6.92 Å². The third kappa shape index (κ3) is 6.68. The molecule has 0 aliphatic rings. The van der Waals surface area contributed by atoms with Crippen molar-refractivity contribution in [3.05, 3.63) is 58.6 Å². The highest BCUT2D eigenvalue weighted by Gasteiger charge is 2.13. The van der Waals surface area contributed by atoms with Crippen LogP contribution in [-0.4, -0.2) is 23.5 Å². The number of benzene rings is 2. The second-order valence-corrected chi connectivity index (χ2v) is 8.26. The molecule has 1 atom stereocenters. The number of carbonyl (C=O) groups is 1. The molecule has 6 heteroatoms. The van der Waals surface area contributed by atoms with Gasteiger partial charge < -0.3 is 5.32 Å². The Hall–Kier alpha value is -0.810. The van der Waals surface area contributed by atoms with Gasteiger partial charge in [-0.25, -0.2) is 0 Å². The number of thioether (sulfide) groups is 2. The highest BCUT2D eigenvalue weighted by atomic mass is 35.5. The predicted octanol–water partition coefficient (Wildman–Crippen LogP) is 5.38. The van der Waals surface area contributed by atoms with Crippen LogP contribution in [0.4, 0.5) is 0 Å². The molecular formula is C17H17Cl2NOS2. The molecule has 0 radical (unpaired) electrons. The van der Waals surface area contributed by atoms with Gasteiger partial charge in [-0.05, 0) is 55.5 Å². The Morgan fingerprint density at radius 3 is 2.09 bits per heavy atom. The monoisotopic (exact) mass is 385 g/mol. The minimum Gasteiger partial charge on any atom is -0.354 e.